The van der Waals surface area contributed by atoms with Gasteiger partial charge in [0.15, 0.2) is 5.69 Å². The number of esters is 1. The standard InChI is InChI=1S/C21H21N3O3/c1-27-21(26)18-7-4-8-20(23-18)24-12-15(19(25)13-24)11-14-9-10-22-17-6-3-2-5-16(14)17/h2-10,15,19,25H,11-13H2,1H3/t15-,19+/m1/s1. The number of fused-ring (bicyclic) bond motifs is 1. The van der Waals surface area contributed by atoms with Crippen LogP contribution in [0.15, 0.2) is 54.7 Å². The van der Waals surface area contributed by atoms with Crippen molar-refractivity contribution in [1.29, 1.82) is 0 Å². The van der Waals surface area contributed by atoms with Gasteiger partial charge in [-0.15, -0.1) is 0 Å². The molecule has 0 unspecified atom stereocenters. The molecule has 1 saturated heterocycles. The highest BCUT2D eigenvalue weighted by atomic mass is 16.5. The molecule has 0 aliphatic carbocycles. The zero-order chi connectivity index (χ0) is 18.8. The van der Waals surface area contributed by atoms with Gasteiger partial charge in [0.25, 0.3) is 0 Å². The molecule has 0 radical (unpaired) electrons. The zero-order valence-corrected chi connectivity index (χ0v) is 15.1. The van der Waals surface area contributed by atoms with Gasteiger partial charge < -0.3 is 14.7 Å². The van der Waals surface area contributed by atoms with Crippen LogP contribution in [0.4, 0.5) is 5.82 Å². The monoisotopic (exact) mass is 363 g/mol. The molecule has 2 atom stereocenters. The molecule has 1 aliphatic rings. The molecule has 6 heteroatoms. The van der Waals surface area contributed by atoms with Crippen molar-refractivity contribution >= 4 is 22.7 Å². The van der Waals surface area contributed by atoms with Crippen LogP contribution in [0.1, 0.15) is 16.1 Å². The van der Waals surface area contributed by atoms with Crippen molar-refractivity contribution in [2.45, 2.75) is 12.5 Å². The van der Waals surface area contributed by atoms with Gasteiger partial charge in [-0.1, -0.05) is 24.3 Å². The van der Waals surface area contributed by atoms with Gasteiger partial charge in [-0.3, -0.25) is 4.98 Å². The minimum Gasteiger partial charge on any atom is -0.464 e. The number of anilines is 1. The Hall–Kier alpha value is -2.99. The number of rotatable bonds is 4. The number of carbonyl (C=O) groups excluding carboxylic acids is 1. The first-order valence-electron chi connectivity index (χ1n) is 8.96. The number of benzene rings is 1. The van der Waals surface area contributed by atoms with Crippen LogP contribution in [0.25, 0.3) is 10.9 Å². The highest BCUT2D eigenvalue weighted by Crippen LogP contribution is 2.28. The van der Waals surface area contributed by atoms with Crippen molar-refractivity contribution in [2.24, 2.45) is 5.92 Å². The van der Waals surface area contributed by atoms with Crippen molar-refractivity contribution < 1.29 is 14.6 Å². The Morgan fingerprint density at radius 2 is 2.04 bits per heavy atom. The van der Waals surface area contributed by atoms with Crippen LogP contribution in [0.2, 0.25) is 0 Å². The molecule has 1 aromatic carbocycles. The van der Waals surface area contributed by atoms with Crippen LogP contribution in [-0.4, -0.2) is 47.3 Å². The molecule has 0 bridgehead atoms. The maximum absolute atomic E-state index is 11.7. The number of aliphatic hydroxyl groups is 1. The summed E-state index contributed by atoms with van der Waals surface area (Å²) < 4.78 is 4.74. The molecular weight excluding hydrogens is 342 g/mol. The van der Waals surface area contributed by atoms with Gasteiger partial charge in [0.05, 0.1) is 18.7 Å². The second-order valence-corrected chi connectivity index (χ2v) is 6.80. The molecule has 1 aliphatic heterocycles. The number of hydrogen-bond donors (Lipinski definition) is 1. The zero-order valence-electron chi connectivity index (χ0n) is 15.1. The van der Waals surface area contributed by atoms with E-state index < -0.39 is 12.1 Å². The van der Waals surface area contributed by atoms with Crippen molar-refractivity contribution in [3.05, 3.63) is 66.0 Å². The lowest BCUT2D eigenvalue weighted by molar-refractivity contribution is 0.0594. The van der Waals surface area contributed by atoms with Gasteiger partial charge in [0, 0.05) is 30.6 Å². The molecule has 0 saturated carbocycles. The maximum Gasteiger partial charge on any atom is 0.356 e. The smallest absolute Gasteiger partial charge is 0.356 e. The summed E-state index contributed by atoms with van der Waals surface area (Å²) in [5.41, 5.74) is 2.42. The fourth-order valence-corrected chi connectivity index (χ4v) is 3.67. The number of aliphatic hydroxyl groups excluding tert-OH is 1. The normalized spacial score (nSPS) is 19.4. The Morgan fingerprint density at radius 1 is 1.19 bits per heavy atom. The second-order valence-electron chi connectivity index (χ2n) is 6.80. The van der Waals surface area contributed by atoms with Gasteiger partial charge in [0.1, 0.15) is 5.82 Å². The minimum atomic E-state index is -0.462. The van der Waals surface area contributed by atoms with E-state index >= 15 is 0 Å². The van der Waals surface area contributed by atoms with E-state index in [9.17, 15) is 9.90 Å². The summed E-state index contributed by atoms with van der Waals surface area (Å²) in [5.74, 6) is 0.301. The molecule has 1 N–H and O–H groups in total. The van der Waals surface area contributed by atoms with Crippen LogP contribution >= 0.6 is 0 Å². The number of para-hydroxylation sites is 1. The van der Waals surface area contributed by atoms with Crippen LogP contribution in [0, 0.1) is 5.92 Å². The van der Waals surface area contributed by atoms with E-state index in [0.29, 0.717) is 18.9 Å². The van der Waals surface area contributed by atoms with E-state index in [1.54, 1.807) is 12.1 Å². The summed E-state index contributed by atoms with van der Waals surface area (Å²) in [6.45, 7) is 1.17. The van der Waals surface area contributed by atoms with Gasteiger partial charge in [-0.05, 0) is 36.2 Å². The molecule has 27 heavy (non-hydrogen) atoms. The lowest BCUT2D eigenvalue weighted by atomic mass is 9.94. The molecule has 2 aromatic heterocycles. The van der Waals surface area contributed by atoms with Crippen LogP contribution in [0.3, 0.4) is 0 Å². The van der Waals surface area contributed by atoms with E-state index in [-0.39, 0.29) is 11.6 Å². The largest absolute Gasteiger partial charge is 0.464 e. The minimum absolute atomic E-state index is 0.0828. The third kappa shape index (κ3) is 3.48. The second kappa shape index (κ2) is 7.32. The molecule has 3 heterocycles. The first kappa shape index (κ1) is 17.4. The van der Waals surface area contributed by atoms with Gasteiger partial charge in [-0.25, -0.2) is 9.78 Å². The molecule has 4 rings (SSSR count). The number of methoxy groups -OCH3 is 1. The first-order chi connectivity index (χ1) is 13.2. The Morgan fingerprint density at radius 3 is 2.89 bits per heavy atom. The first-order valence-corrected chi connectivity index (χ1v) is 8.96. The van der Waals surface area contributed by atoms with E-state index in [4.69, 9.17) is 4.74 Å². The Balaban J connectivity index is 1.54. The van der Waals surface area contributed by atoms with Crippen molar-refractivity contribution in [3.63, 3.8) is 0 Å². The van der Waals surface area contributed by atoms with Crippen LogP contribution < -0.4 is 4.90 Å². The third-order valence-electron chi connectivity index (χ3n) is 5.08. The predicted molar refractivity (Wildman–Crippen MR) is 103 cm³/mol. The number of β-amino-alcohol motifs (C(OH)–C–C–N with tert-alkyl or cyclic N) is 1. The summed E-state index contributed by atoms with van der Waals surface area (Å²) in [5, 5.41) is 11.7. The highest BCUT2D eigenvalue weighted by Gasteiger charge is 2.32. The fraction of sp³-hybridized carbons (Fsp3) is 0.286. The van der Waals surface area contributed by atoms with E-state index in [2.05, 4.69) is 16.0 Å². The lowest BCUT2D eigenvalue weighted by Crippen LogP contribution is -2.22. The SMILES string of the molecule is COC(=O)c1cccc(N2C[C@@H](Cc3ccnc4ccccc34)[C@@H](O)C2)n1. The summed E-state index contributed by atoms with van der Waals surface area (Å²) in [4.78, 5) is 22.5. The van der Waals surface area contributed by atoms with E-state index in [0.717, 1.165) is 17.3 Å². The van der Waals surface area contributed by atoms with Gasteiger partial charge in [0.2, 0.25) is 0 Å². The quantitative estimate of drug-likeness (QED) is 0.718. The lowest BCUT2D eigenvalue weighted by Gasteiger charge is -2.18. The summed E-state index contributed by atoms with van der Waals surface area (Å²) >= 11 is 0. The molecule has 3 aromatic rings. The van der Waals surface area contributed by atoms with Crippen LogP contribution in [-0.2, 0) is 11.2 Å². The fourth-order valence-electron chi connectivity index (χ4n) is 3.67. The summed E-state index contributed by atoms with van der Waals surface area (Å²) in [7, 11) is 1.34. The maximum atomic E-state index is 11.7. The highest BCUT2D eigenvalue weighted by molar-refractivity contribution is 5.87. The number of carbonyl (C=O) groups is 1. The Bertz CT molecular complexity index is 970. The van der Waals surface area contributed by atoms with Crippen molar-refractivity contribution in [1.82, 2.24) is 9.97 Å². The van der Waals surface area contributed by atoms with Gasteiger partial charge in [-0.2, -0.15) is 0 Å². The average Bonchev–Trinajstić information content (AvgIpc) is 3.08. The number of hydrogen-bond acceptors (Lipinski definition) is 6. The molecular formula is C21H21N3O3. The molecule has 1 fully saturated rings. The third-order valence-corrected chi connectivity index (χ3v) is 5.08. The topological polar surface area (TPSA) is 75.5 Å². The number of nitrogens with zero attached hydrogens (tertiary/aromatic N) is 3. The summed E-state index contributed by atoms with van der Waals surface area (Å²) in [6.07, 6.45) is 2.12. The Labute approximate surface area is 157 Å². The average molecular weight is 363 g/mol. The molecule has 0 spiro atoms. The van der Waals surface area contributed by atoms with E-state index in [1.165, 1.54) is 12.7 Å². The molecule has 0 amide bonds. The molecule has 138 valence electrons. The van der Waals surface area contributed by atoms with Crippen molar-refractivity contribution in [2.75, 3.05) is 25.1 Å². The number of ether oxygens (including phenoxy) is 1. The predicted octanol–water partition coefficient (Wildman–Crippen LogP) is 2.46. The molecule has 6 nitrogen and oxygen atoms in total. The van der Waals surface area contributed by atoms with E-state index in [1.807, 2.05) is 41.4 Å². The van der Waals surface area contributed by atoms with Crippen LogP contribution in [0.5, 0.6) is 0 Å². The van der Waals surface area contributed by atoms with Gasteiger partial charge >= 0.3 is 5.97 Å². The number of aromatic nitrogens is 2. The van der Waals surface area contributed by atoms with Crippen molar-refractivity contribution in [3.8, 4) is 0 Å². The number of pyridine rings is 2. The Kier molecular flexibility index (Phi) is 4.73. The summed E-state index contributed by atoms with van der Waals surface area (Å²) in [6, 6.07) is 15.3.